The lowest BCUT2D eigenvalue weighted by atomic mass is 10.3. The highest BCUT2D eigenvalue weighted by molar-refractivity contribution is 6.29. The molecule has 0 unspecified atom stereocenters. The molecule has 1 heterocycles. The van der Waals surface area contributed by atoms with E-state index in [2.05, 4.69) is 10.3 Å². The molecule has 1 aromatic carbocycles. The van der Waals surface area contributed by atoms with Crippen LogP contribution in [0.1, 0.15) is 13.8 Å². The van der Waals surface area contributed by atoms with Gasteiger partial charge in [0.1, 0.15) is 10.9 Å². The van der Waals surface area contributed by atoms with Gasteiger partial charge in [-0.15, -0.1) is 0 Å². The van der Waals surface area contributed by atoms with Crippen LogP contribution < -0.4 is 10.1 Å². The van der Waals surface area contributed by atoms with Crippen LogP contribution in [0, 0.1) is 10.1 Å². The molecule has 21 heavy (non-hydrogen) atoms. The molecule has 7 heteroatoms. The second-order valence-electron chi connectivity index (χ2n) is 4.57. The van der Waals surface area contributed by atoms with Gasteiger partial charge in [0.05, 0.1) is 11.0 Å². The molecule has 0 aliphatic heterocycles. The van der Waals surface area contributed by atoms with Crippen molar-refractivity contribution >= 4 is 28.8 Å². The van der Waals surface area contributed by atoms with E-state index in [1.165, 1.54) is 12.1 Å². The number of benzene rings is 1. The minimum absolute atomic E-state index is 0.0829. The molecular weight excluding hydrogens is 294 g/mol. The fraction of sp³-hybridized carbons (Fsp3) is 0.214. The van der Waals surface area contributed by atoms with Gasteiger partial charge in [-0.2, -0.15) is 0 Å². The number of nitrogens with zero attached hydrogens (tertiary/aromatic N) is 2. The lowest BCUT2D eigenvalue weighted by Crippen LogP contribution is -2.05. The van der Waals surface area contributed by atoms with Crippen molar-refractivity contribution in [3.8, 4) is 5.75 Å². The number of hydrogen-bond acceptors (Lipinski definition) is 5. The van der Waals surface area contributed by atoms with Gasteiger partial charge in [0.2, 0.25) is 5.82 Å². The molecule has 0 radical (unpaired) electrons. The maximum absolute atomic E-state index is 11.0. The number of nitro groups is 1. The fourth-order valence-corrected chi connectivity index (χ4v) is 1.84. The number of nitrogens with one attached hydrogen (secondary N) is 1. The third kappa shape index (κ3) is 4.06. The van der Waals surface area contributed by atoms with Crippen molar-refractivity contribution < 1.29 is 9.66 Å². The SMILES string of the molecule is CC(C)Oc1ccc(Nc2nc(Cl)ccc2[N+](=O)[O-])cc1. The first-order valence-electron chi connectivity index (χ1n) is 6.30. The largest absolute Gasteiger partial charge is 0.491 e. The summed E-state index contributed by atoms with van der Waals surface area (Å²) in [5.74, 6) is 0.828. The number of anilines is 2. The van der Waals surface area contributed by atoms with E-state index >= 15 is 0 Å². The molecule has 0 amide bonds. The number of ether oxygens (including phenoxy) is 1. The number of aromatic nitrogens is 1. The highest BCUT2D eigenvalue weighted by Crippen LogP contribution is 2.28. The Kier molecular flexibility index (Phi) is 4.59. The van der Waals surface area contributed by atoms with Crippen molar-refractivity contribution in [1.82, 2.24) is 4.98 Å². The van der Waals surface area contributed by atoms with Crippen LogP contribution in [0.3, 0.4) is 0 Å². The zero-order valence-electron chi connectivity index (χ0n) is 11.5. The number of pyridine rings is 1. The average Bonchev–Trinajstić information content (AvgIpc) is 2.40. The Labute approximate surface area is 126 Å². The van der Waals surface area contributed by atoms with Gasteiger partial charge in [-0.25, -0.2) is 4.98 Å². The molecule has 0 saturated carbocycles. The Morgan fingerprint density at radius 3 is 2.48 bits per heavy atom. The predicted molar refractivity (Wildman–Crippen MR) is 81.4 cm³/mol. The highest BCUT2D eigenvalue weighted by Gasteiger charge is 2.15. The van der Waals surface area contributed by atoms with Gasteiger partial charge in [0.25, 0.3) is 0 Å². The smallest absolute Gasteiger partial charge is 0.311 e. The van der Waals surface area contributed by atoms with E-state index in [1.54, 1.807) is 24.3 Å². The maximum Gasteiger partial charge on any atom is 0.311 e. The summed E-state index contributed by atoms with van der Waals surface area (Å²) in [6.07, 6.45) is 0.0829. The van der Waals surface area contributed by atoms with Crippen molar-refractivity contribution in [3.05, 3.63) is 51.7 Å². The molecular formula is C14H14ClN3O3. The van der Waals surface area contributed by atoms with E-state index in [0.717, 1.165) is 5.75 Å². The minimum Gasteiger partial charge on any atom is -0.491 e. The van der Waals surface area contributed by atoms with Gasteiger partial charge in [0, 0.05) is 11.8 Å². The van der Waals surface area contributed by atoms with E-state index < -0.39 is 4.92 Å². The summed E-state index contributed by atoms with van der Waals surface area (Å²) in [5.41, 5.74) is 0.519. The first-order valence-corrected chi connectivity index (χ1v) is 6.68. The molecule has 0 bridgehead atoms. The van der Waals surface area contributed by atoms with Gasteiger partial charge in [-0.05, 0) is 44.2 Å². The molecule has 1 aromatic heterocycles. The first kappa shape index (κ1) is 15.1. The summed E-state index contributed by atoms with van der Waals surface area (Å²) in [4.78, 5) is 14.4. The molecule has 110 valence electrons. The Morgan fingerprint density at radius 2 is 1.90 bits per heavy atom. The van der Waals surface area contributed by atoms with Crippen molar-refractivity contribution in [2.45, 2.75) is 20.0 Å². The Bertz CT molecular complexity index is 644. The zero-order valence-corrected chi connectivity index (χ0v) is 12.3. The second kappa shape index (κ2) is 6.41. The van der Waals surface area contributed by atoms with Crippen molar-refractivity contribution in [3.63, 3.8) is 0 Å². The summed E-state index contributed by atoms with van der Waals surface area (Å²) in [6.45, 7) is 3.87. The van der Waals surface area contributed by atoms with Crippen LogP contribution in [0.2, 0.25) is 5.15 Å². The zero-order chi connectivity index (χ0) is 15.4. The summed E-state index contributed by atoms with van der Waals surface area (Å²) in [7, 11) is 0. The first-order chi connectivity index (χ1) is 9.95. The Balaban J connectivity index is 2.22. The fourth-order valence-electron chi connectivity index (χ4n) is 1.69. The van der Waals surface area contributed by atoms with E-state index in [0.29, 0.717) is 5.69 Å². The quantitative estimate of drug-likeness (QED) is 0.509. The molecule has 2 aromatic rings. The topological polar surface area (TPSA) is 77.3 Å². The van der Waals surface area contributed by atoms with Crippen molar-refractivity contribution in [2.24, 2.45) is 0 Å². The van der Waals surface area contributed by atoms with Crippen LogP contribution in [0.15, 0.2) is 36.4 Å². The monoisotopic (exact) mass is 307 g/mol. The maximum atomic E-state index is 11.0. The van der Waals surface area contributed by atoms with E-state index in [9.17, 15) is 10.1 Å². The molecule has 6 nitrogen and oxygen atoms in total. The third-order valence-electron chi connectivity index (χ3n) is 2.53. The molecule has 0 fully saturated rings. The van der Waals surface area contributed by atoms with Crippen LogP contribution in [-0.4, -0.2) is 16.0 Å². The minimum atomic E-state index is -0.512. The van der Waals surface area contributed by atoms with Gasteiger partial charge < -0.3 is 10.1 Å². The predicted octanol–water partition coefficient (Wildman–Crippen LogP) is 4.17. The van der Waals surface area contributed by atoms with Crippen LogP contribution in [0.5, 0.6) is 5.75 Å². The van der Waals surface area contributed by atoms with Gasteiger partial charge >= 0.3 is 5.69 Å². The molecule has 0 aliphatic rings. The number of halogens is 1. The Morgan fingerprint density at radius 1 is 1.24 bits per heavy atom. The lowest BCUT2D eigenvalue weighted by molar-refractivity contribution is -0.384. The summed E-state index contributed by atoms with van der Waals surface area (Å²) < 4.78 is 5.53. The van der Waals surface area contributed by atoms with E-state index in [1.807, 2.05) is 13.8 Å². The van der Waals surface area contributed by atoms with Crippen molar-refractivity contribution in [1.29, 1.82) is 0 Å². The lowest BCUT2D eigenvalue weighted by Gasteiger charge is -2.11. The van der Waals surface area contributed by atoms with Crippen LogP contribution in [-0.2, 0) is 0 Å². The summed E-state index contributed by atoms with van der Waals surface area (Å²) in [6, 6.07) is 9.75. The molecule has 0 saturated heterocycles. The van der Waals surface area contributed by atoms with Crippen LogP contribution in [0.4, 0.5) is 17.2 Å². The number of rotatable bonds is 5. The van der Waals surface area contributed by atoms with E-state index in [-0.39, 0.29) is 22.8 Å². The highest BCUT2D eigenvalue weighted by atomic mass is 35.5. The average molecular weight is 308 g/mol. The Hall–Kier alpha value is -2.34. The van der Waals surface area contributed by atoms with Gasteiger partial charge in [-0.1, -0.05) is 11.6 Å². The van der Waals surface area contributed by atoms with Crippen LogP contribution >= 0.6 is 11.6 Å². The molecule has 0 atom stereocenters. The van der Waals surface area contributed by atoms with Crippen molar-refractivity contribution in [2.75, 3.05) is 5.32 Å². The molecule has 0 spiro atoms. The molecule has 0 aliphatic carbocycles. The molecule has 1 N–H and O–H groups in total. The van der Waals surface area contributed by atoms with Crippen LogP contribution in [0.25, 0.3) is 0 Å². The van der Waals surface area contributed by atoms with Gasteiger partial charge in [0.15, 0.2) is 0 Å². The summed E-state index contributed by atoms with van der Waals surface area (Å²) >= 11 is 5.78. The standard InChI is InChI=1S/C14H14ClN3O3/c1-9(2)21-11-5-3-10(4-6-11)16-14-12(18(19)20)7-8-13(15)17-14/h3-9H,1-2H3,(H,16,17). The number of hydrogen-bond donors (Lipinski definition) is 1. The normalized spacial score (nSPS) is 10.5. The third-order valence-corrected chi connectivity index (χ3v) is 2.74. The second-order valence-corrected chi connectivity index (χ2v) is 4.96. The van der Waals surface area contributed by atoms with E-state index in [4.69, 9.17) is 16.3 Å². The molecule has 2 rings (SSSR count). The van der Waals surface area contributed by atoms with Gasteiger partial charge in [-0.3, -0.25) is 10.1 Å². The summed E-state index contributed by atoms with van der Waals surface area (Å²) in [5, 5.41) is 14.0.